The van der Waals surface area contributed by atoms with Crippen LogP contribution in [0.5, 0.6) is 0 Å². The quantitative estimate of drug-likeness (QED) is 0.189. The lowest BCUT2D eigenvalue weighted by atomic mass is 9.91. The molecule has 44 heavy (non-hydrogen) atoms. The number of fused-ring (bicyclic) bond motifs is 7. The van der Waals surface area contributed by atoms with Crippen LogP contribution in [0.15, 0.2) is 153 Å². The van der Waals surface area contributed by atoms with Gasteiger partial charge in [0.25, 0.3) is 0 Å². The van der Waals surface area contributed by atoms with E-state index in [1.807, 2.05) is 35.9 Å². The molecular weight excluding hydrogens is 573 g/mol. The maximum absolute atomic E-state index is 4.91. The number of rotatable bonds is 3. The van der Waals surface area contributed by atoms with E-state index in [0.717, 1.165) is 29.8 Å². The first kappa shape index (κ1) is 25.8. The monoisotopic (exact) mass is 598 g/mol. The van der Waals surface area contributed by atoms with Crippen LogP contribution in [0.4, 0.5) is 0 Å². The largest absolute Gasteiger partial charge is 0.236 e. The lowest BCUT2D eigenvalue weighted by Gasteiger charge is -2.26. The summed E-state index contributed by atoms with van der Waals surface area (Å²) in [5.74, 6) is 0.751. The molecule has 208 valence electrons. The zero-order valence-electron chi connectivity index (χ0n) is 23.8. The van der Waals surface area contributed by atoms with E-state index in [1.165, 1.54) is 68.6 Å². The van der Waals surface area contributed by atoms with Gasteiger partial charge in [-0.2, -0.15) is 0 Å². The maximum Gasteiger partial charge on any atom is 0.159 e. The third-order valence-electron chi connectivity index (χ3n) is 8.68. The third kappa shape index (κ3) is 4.29. The summed E-state index contributed by atoms with van der Waals surface area (Å²) in [4.78, 5) is 15.3. The summed E-state index contributed by atoms with van der Waals surface area (Å²) in [7, 11) is 0. The van der Waals surface area contributed by atoms with Crippen molar-refractivity contribution < 1.29 is 0 Å². The van der Waals surface area contributed by atoms with Crippen molar-refractivity contribution in [3.8, 4) is 22.5 Å². The van der Waals surface area contributed by atoms with Crippen LogP contribution >= 0.6 is 23.5 Å². The smallest absolute Gasteiger partial charge is 0.159 e. The first-order chi connectivity index (χ1) is 21.8. The van der Waals surface area contributed by atoms with Gasteiger partial charge in [-0.25, -0.2) is 9.97 Å². The Bertz CT molecular complexity index is 2300. The summed E-state index contributed by atoms with van der Waals surface area (Å²) in [5, 5.41) is 7.52. The molecule has 2 aliphatic rings. The van der Waals surface area contributed by atoms with Gasteiger partial charge in [0.2, 0.25) is 0 Å². The first-order valence-corrected chi connectivity index (χ1v) is 16.6. The van der Waals surface area contributed by atoms with Gasteiger partial charge in [0.05, 0.1) is 0 Å². The van der Waals surface area contributed by atoms with Gasteiger partial charge in [-0.15, -0.1) is 0 Å². The van der Waals surface area contributed by atoms with E-state index >= 15 is 0 Å². The van der Waals surface area contributed by atoms with Crippen molar-refractivity contribution in [2.75, 3.05) is 0 Å². The minimum absolute atomic E-state index is 0.751. The minimum Gasteiger partial charge on any atom is -0.236 e. The fraction of sp³-hybridized carbons (Fsp3) is 0.0500. The normalized spacial score (nSPS) is 14.5. The van der Waals surface area contributed by atoms with Crippen LogP contribution in [-0.2, 0) is 0 Å². The summed E-state index contributed by atoms with van der Waals surface area (Å²) >= 11 is 3.80. The SMILES string of the molecule is C1=C(c2cnc(-c3ccc4c5ccc(-c6ccccc6)cc5c5ccccc5c4c3)nc2)C2=C(CC1)Sc1ccccc1S2. The summed E-state index contributed by atoms with van der Waals surface area (Å²) in [6.07, 6.45) is 8.50. The molecule has 9 rings (SSSR count). The highest BCUT2D eigenvalue weighted by Crippen LogP contribution is 2.54. The zero-order valence-corrected chi connectivity index (χ0v) is 25.5. The van der Waals surface area contributed by atoms with Crippen molar-refractivity contribution >= 4 is 61.4 Å². The molecular formula is C40H26N2S2. The Morgan fingerprint density at radius 1 is 0.477 bits per heavy atom. The van der Waals surface area contributed by atoms with E-state index in [1.54, 1.807) is 0 Å². The molecule has 1 aromatic heterocycles. The molecule has 0 saturated carbocycles. The number of nitrogens with zero attached hydrogens (tertiary/aromatic N) is 2. The van der Waals surface area contributed by atoms with Gasteiger partial charge in [-0.3, -0.25) is 0 Å². The summed E-state index contributed by atoms with van der Waals surface area (Å²) in [6, 6.07) is 41.6. The Morgan fingerprint density at radius 3 is 1.80 bits per heavy atom. The van der Waals surface area contributed by atoms with Gasteiger partial charge in [0, 0.05) is 43.1 Å². The molecule has 0 N–H and O–H groups in total. The van der Waals surface area contributed by atoms with E-state index in [0.29, 0.717) is 0 Å². The highest BCUT2D eigenvalue weighted by Gasteiger charge is 2.25. The van der Waals surface area contributed by atoms with Crippen molar-refractivity contribution in [1.82, 2.24) is 9.97 Å². The molecule has 6 aromatic carbocycles. The van der Waals surface area contributed by atoms with E-state index in [2.05, 4.69) is 121 Å². The predicted octanol–water partition coefficient (Wildman–Crippen LogP) is 11.6. The lowest BCUT2D eigenvalue weighted by Crippen LogP contribution is -2.02. The Kier molecular flexibility index (Phi) is 6.17. The molecule has 1 aliphatic carbocycles. The van der Waals surface area contributed by atoms with Crippen molar-refractivity contribution in [1.29, 1.82) is 0 Å². The number of allylic oxidation sites excluding steroid dienone is 3. The number of hydrogen-bond donors (Lipinski definition) is 0. The van der Waals surface area contributed by atoms with Crippen LogP contribution in [-0.4, -0.2) is 9.97 Å². The predicted molar refractivity (Wildman–Crippen MR) is 188 cm³/mol. The Labute approximate surface area is 264 Å². The molecule has 0 bridgehead atoms. The van der Waals surface area contributed by atoms with Gasteiger partial charge < -0.3 is 0 Å². The van der Waals surface area contributed by atoms with E-state index < -0.39 is 0 Å². The Balaban J connectivity index is 1.11. The van der Waals surface area contributed by atoms with Crippen molar-refractivity contribution in [2.24, 2.45) is 0 Å². The molecule has 1 aliphatic heterocycles. The number of aromatic nitrogens is 2. The highest BCUT2D eigenvalue weighted by molar-refractivity contribution is 8.09. The van der Waals surface area contributed by atoms with E-state index in [4.69, 9.17) is 9.97 Å². The molecule has 0 saturated heterocycles. The summed E-state index contributed by atoms with van der Waals surface area (Å²) < 4.78 is 0. The molecule has 2 nitrogen and oxygen atoms in total. The molecule has 0 amide bonds. The minimum atomic E-state index is 0.751. The summed E-state index contributed by atoms with van der Waals surface area (Å²) in [5.41, 5.74) is 5.84. The standard InChI is InChI=1S/C40H26N2S2/c1-2-9-25(10-3-1)26-17-19-32-33-20-18-27(22-35(33)31-12-5-4-11-30(31)34(32)21-26)40-41-23-28(24-42-40)29-13-8-16-38-39(29)44-37-15-7-6-14-36(37)43-38/h1-7,9-15,17-24H,8,16H2. The van der Waals surface area contributed by atoms with Crippen LogP contribution < -0.4 is 0 Å². The second-order valence-corrected chi connectivity index (χ2v) is 13.5. The van der Waals surface area contributed by atoms with Gasteiger partial charge >= 0.3 is 0 Å². The van der Waals surface area contributed by atoms with Gasteiger partial charge in [0.15, 0.2) is 5.82 Å². The van der Waals surface area contributed by atoms with Crippen LogP contribution in [0, 0.1) is 0 Å². The average Bonchev–Trinajstić information content (AvgIpc) is 3.10. The fourth-order valence-electron chi connectivity index (χ4n) is 6.55. The number of hydrogen-bond acceptors (Lipinski definition) is 4. The van der Waals surface area contributed by atoms with E-state index in [-0.39, 0.29) is 0 Å². The third-order valence-corrected chi connectivity index (χ3v) is 11.4. The molecule has 0 fully saturated rings. The summed E-state index contributed by atoms with van der Waals surface area (Å²) in [6.45, 7) is 0. The topological polar surface area (TPSA) is 25.8 Å². The van der Waals surface area contributed by atoms with Crippen molar-refractivity contribution in [3.63, 3.8) is 0 Å². The molecule has 0 spiro atoms. The first-order valence-electron chi connectivity index (χ1n) is 14.9. The second-order valence-electron chi connectivity index (χ2n) is 11.3. The number of benzene rings is 6. The molecule has 4 heteroatoms. The highest BCUT2D eigenvalue weighted by atomic mass is 32.2. The zero-order chi connectivity index (χ0) is 29.0. The number of thioether (sulfide) groups is 2. The molecule has 2 heterocycles. The maximum atomic E-state index is 4.91. The van der Waals surface area contributed by atoms with Crippen LogP contribution in [0.25, 0.3) is 60.4 Å². The molecule has 7 aromatic rings. The Hall–Kier alpha value is -4.64. The van der Waals surface area contributed by atoms with Gasteiger partial charge in [-0.05, 0) is 86.1 Å². The lowest BCUT2D eigenvalue weighted by molar-refractivity contribution is 1.01. The van der Waals surface area contributed by atoms with Crippen LogP contribution in [0.1, 0.15) is 18.4 Å². The van der Waals surface area contributed by atoms with Gasteiger partial charge in [-0.1, -0.05) is 121 Å². The second kappa shape index (κ2) is 10.5. The fourth-order valence-corrected chi connectivity index (χ4v) is 9.11. The van der Waals surface area contributed by atoms with E-state index in [9.17, 15) is 0 Å². The molecule has 0 atom stereocenters. The average molecular weight is 599 g/mol. The van der Waals surface area contributed by atoms with Crippen molar-refractivity contribution in [2.45, 2.75) is 22.6 Å². The van der Waals surface area contributed by atoms with Crippen LogP contribution in [0.3, 0.4) is 0 Å². The molecule has 0 unspecified atom stereocenters. The van der Waals surface area contributed by atoms with Crippen molar-refractivity contribution in [3.05, 3.63) is 149 Å². The Morgan fingerprint density at radius 2 is 1.07 bits per heavy atom. The van der Waals surface area contributed by atoms with Crippen LogP contribution in [0.2, 0.25) is 0 Å². The molecule has 0 radical (unpaired) electrons. The van der Waals surface area contributed by atoms with Gasteiger partial charge in [0.1, 0.15) is 0 Å².